The Balaban J connectivity index is 1.34. The summed E-state index contributed by atoms with van der Waals surface area (Å²) in [5.41, 5.74) is 5.25. The van der Waals surface area contributed by atoms with E-state index in [-0.39, 0.29) is 11.7 Å². The topological polar surface area (TPSA) is 79.4 Å². The number of carbonyl (C=O) groups excluding carboxylic acids is 1. The highest BCUT2D eigenvalue weighted by atomic mass is 35.5. The highest BCUT2D eigenvalue weighted by Gasteiger charge is 2.24. The lowest BCUT2D eigenvalue weighted by Crippen LogP contribution is -2.32. The van der Waals surface area contributed by atoms with E-state index in [9.17, 15) is 13.2 Å². The maximum Gasteiger partial charge on any atom is 0.255 e. The van der Waals surface area contributed by atoms with Crippen LogP contribution < -0.4 is 9.62 Å². The number of benzene rings is 2. The van der Waals surface area contributed by atoms with Gasteiger partial charge in [-0.1, -0.05) is 36.2 Å². The zero-order valence-electron chi connectivity index (χ0n) is 18.5. The molecule has 1 aliphatic carbocycles. The first-order valence-electron chi connectivity index (χ1n) is 11.3. The van der Waals surface area contributed by atoms with Gasteiger partial charge in [-0.25, -0.2) is 8.42 Å². The molecule has 8 heteroatoms. The van der Waals surface area contributed by atoms with Gasteiger partial charge in [-0.05, 0) is 66.9 Å². The average Bonchev–Trinajstić information content (AvgIpc) is 3.22. The Bertz CT molecular complexity index is 1380. The fourth-order valence-electron chi connectivity index (χ4n) is 4.31. The number of carbonyl (C=O) groups is 1. The highest BCUT2D eigenvalue weighted by Crippen LogP contribution is 2.31. The molecule has 1 N–H and O–H groups in total. The number of rotatable bonds is 4. The molecule has 0 atom stereocenters. The predicted octanol–water partition coefficient (Wildman–Crippen LogP) is 5.54. The molecule has 1 fully saturated rings. The van der Waals surface area contributed by atoms with Gasteiger partial charge >= 0.3 is 0 Å². The van der Waals surface area contributed by atoms with Crippen LogP contribution in [-0.4, -0.2) is 31.6 Å². The molecule has 174 valence electrons. The van der Waals surface area contributed by atoms with Gasteiger partial charge in [0.1, 0.15) is 0 Å². The van der Waals surface area contributed by atoms with Crippen LogP contribution in [0.25, 0.3) is 17.3 Å². The van der Waals surface area contributed by atoms with Gasteiger partial charge in [0, 0.05) is 29.8 Å². The summed E-state index contributed by atoms with van der Waals surface area (Å²) in [7, 11) is -3.32. The molecular formula is C26H24ClN3O3S. The number of allylic oxidation sites excluding steroid dienone is 1. The van der Waals surface area contributed by atoms with Crippen molar-refractivity contribution in [2.75, 3.05) is 21.9 Å². The minimum absolute atomic E-state index is 0.156. The number of anilines is 2. The number of hydrogen-bond acceptors (Lipinski definition) is 4. The molecule has 3 aromatic rings. The monoisotopic (exact) mass is 493 g/mol. The molecule has 1 aliphatic heterocycles. The SMILES string of the molecule is O=C(Nc1ccc(Cl)c(-c2ccc3c(n2)CC=C3)c1)c1ccc(N2CCCCCS2(=O)=O)cc1. The number of fused-ring (bicyclic) bond motifs is 1. The van der Waals surface area contributed by atoms with Gasteiger partial charge in [0.15, 0.2) is 0 Å². The van der Waals surface area contributed by atoms with Crippen molar-refractivity contribution in [1.82, 2.24) is 4.98 Å². The normalized spacial score (nSPS) is 16.7. The molecule has 0 saturated carbocycles. The van der Waals surface area contributed by atoms with Crippen molar-refractivity contribution >= 4 is 45.0 Å². The largest absolute Gasteiger partial charge is 0.322 e. The number of amides is 1. The number of nitrogens with one attached hydrogen (secondary N) is 1. The lowest BCUT2D eigenvalue weighted by atomic mass is 10.1. The number of nitrogens with zero attached hydrogens (tertiary/aromatic N) is 2. The molecular weight excluding hydrogens is 470 g/mol. The van der Waals surface area contributed by atoms with Crippen molar-refractivity contribution in [2.45, 2.75) is 25.7 Å². The van der Waals surface area contributed by atoms with Crippen molar-refractivity contribution in [2.24, 2.45) is 0 Å². The molecule has 2 aromatic carbocycles. The molecule has 5 rings (SSSR count). The van der Waals surface area contributed by atoms with Gasteiger partial charge in [-0.15, -0.1) is 0 Å². The summed E-state index contributed by atoms with van der Waals surface area (Å²) in [5, 5.41) is 3.46. The van der Waals surface area contributed by atoms with E-state index in [1.807, 2.05) is 18.2 Å². The fourth-order valence-corrected chi connectivity index (χ4v) is 6.17. The van der Waals surface area contributed by atoms with Gasteiger partial charge in [-0.2, -0.15) is 0 Å². The predicted molar refractivity (Wildman–Crippen MR) is 137 cm³/mol. The first kappa shape index (κ1) is 22.6. The molecule has 1 amide bonds. The van der Waals surface area contributed by atoms with Crippen LogP contribution >= 0.6 is 11.6 Å². The Morgan fingerprint density at radius 3 is 2.65 bits per heavy atom. The standard InChI is InChI=1S/C26H24ClN3O3S/c27-23-13-10-20(17-22(23)25-14-9-18-5-4-6-24(18)29-25)28-26(31)19-7-11-21(12-8-19)30-15-2-1-3-16-34(30,32)33/h4-5,7-14,17H,1-3,6,15-16H2,(H,28,31). The summed E-state index contributed by atoms with van der Waals surface area (Å²) in [6, 6.07) is 15.9. The lowest BCUT2D eigenvalue weighted by Gasteiger charge is -2.22. The number of aromatic nitrogens is 1. The molecule has 1 aromatic heterocycles. The number of hydrogen-bond donors (Lipinski definition) is 1. The van der Waals surface area contributed by atoms with Crippen molar-refractivity contribution < 1.29 is 13.2 Å². The second-order valence-corrected chi connectivity index (χ2v) is 10.9. The van der Waals surface area contributed by atoms with Gasteiger partial charge in [0.2, 0.25) is 10.0 Å². The van der Waals surface area contributed by atoms with Crippen LogP contribution in [0, 0.1) is 0 Å². The summed E-state index contributed by atoms with van der Waals surface area (Å²) in [4.78, 5) is 17.6. The smallest absolute Gasteiger partial charge is 0.255 e. The van der Waals surface area contributed by atoms with Crippen LogP contribution in [0.1, 0.15) is 40.9 Å². The Kier molecular flexibility index (Phi) is 6.15. The van der Waals surface area contributed by atoms with Gasteiger partial charge in [0.05, 0.1) is 27.9 Å². The second kappa shape index (κ2) is 9.24. The van der Waals surface area contributed by atoms with E-state index < -0.39 is 10.0 Å². The molecule has 0 bridgehead atoms. The Morgan fingerprint density at radius 2 is 1.82 bits per heavy atom. The fraction of sp³-hybridized carbons (Fsp3) is 0.231. The van der Waals surface area contributed by atoms with Crippen LogP contribution in [0.3, 0.4) is 0 Å². The Morgan fingerprint density at radius 1 is 1.00 bits per heavy atom. The van der Waals surface area contributed by atoms with Crippen LogP contribution in [0.2, 0.25) is 5.02 Å². The molecule has 0 spiro atoms. The highest BCUT2D eigenvalue weighted by molar-refractivity contribution is 7.92. The summed E-state index contributed by atoms with van der Waals surface area (Å²) in [6.45, 7) is 0.466. The van der Waals surface area contributed by atoms with Crippen LogP contribution in [-0.2, 0) is 16.4 Å². The van der Waals surface area contributed by atoms with Gasteiger partial charge < -0.3 is 5.32 Å². The van der Waals surface area contributed by atoms with E-state index in [2.05, 4.69) is 17.5 Å². The van der Waals surface area contributed by atoms with E-state index in [1.54, 1.807) is 36.4 Å². The molecule has 0 radical (unpaired) electrons. The van der Waals surface area contributed by atoms with Crippen LogP contribution in [0.15, 0.2) is 60.7 Å². The van der Waals surface area contributed by atoms with Crippen molar-refractivity contribution in [1.29, 1.82) is 0 Å². The zero-order valence-corrected chi connectivity index (χ0v) is 20.1. The molecule has 0 unspecified atom stereocenters. The summed E-state index contributed by atoms with van der Waals surface area (Å²) in [6.07, 6.45) is 7.34. The Labute approximate surface area is 204 Å². The van der Waals surface area contributed by atoms with Crippen LogP contribution in [0.4, 0.5) is 11.4 Å². The van der Waals surface area contributed by atoms with Gasteiger partial charge in [-0.3, -0.25) is 14.1 Å². The van der Waals surface area contributed by atoms with E-state index in [4.69, 9.17) is 16.6 Å². The van der Waals surface area contributed by atoms with E-state index in [0.717, 1.165) is 41.8 Å². The second-order valence-electron chi connectivity index (χ2n) is 8.48. The Hall–Kier alpha value is -3.16. The summed E-state index contributed by atoms with van der Waals surface area (Å²) >= 11 is 6.44. The zero-order chi connectivity index (χ0) is 23.7. The van der Waals surface area contributed by atoms with Crippen molar-refractivity contribution in [3.8, 4) is 11.3 Å². The molecule has 1 saturated heterocycles. The first-order chi connectivity index (χ1) is 16.4. The van der Waals surface area contributed by atoms with E-state index in [1.165, 1.54) is 4.31 Å². The lowest BCUT2D eigenvalue weighted by molar-refractivity contribution is 0.102. The maximum atomic E-state index is 12.9. The van der Waals surface area contributed by atoms with Crippen molar-refractivity contribution in [3.63, 3.8) is 0 Å². The van der Waals surface area contributed by atoms with E-state index in [0.29, 0.717) is 34.9 Å². The number of halogens is 1. The third-order valence-electron chi connectivity index (χ3n) is 6.13. The van der Waals surface area contributed by atoms with Gasteiger partial charge in [0.25, 0.3) is 5.91 Å². The summed E-state index contributed by atoms with van der Waals surface area (Å²) in [5.74, 6) is -0.131. The third kappa shape index (κ3) is 4.58. The molecule has 6 nitrogen and oxygen atoms in total. The van der Waals surface area contributed by atoms with Crippen molar-refractivity contribution in [3.05, 3.63) is 82.5 Å². The minimum atomic E-state index is -3.32. The molecule has 34 heavy (non-hydrogen) atoms. The first-order valence-corrected chi connectivity index (χ1v) is 13.3. The number of pyridine rings is 1. The maximum absolute atomic E-state index is 12.9. The average molecular weight is 494 g/mol. The van der Waals surface area contributed by atoms with Crippen LogP contribution in [0.5, 0.6) is 0 Å². The number of sulfonamides is 1. The quantitative estimate of drug-likeness (QED) is 0.517. The summed E-state index contributed by atoms with van der Waals surface area (Å²) < 4.78 is 26.5. The third-order valence-corrected chi connectivity index (χ3v) is 8.33. The van der Waals surface area contributed by atoms with E-state index >= 15 is 0 Å². The minimum Gasteiger partial charge on any atom is -0.322 e. The molecule has 2 aliphatic rings. The molecule has 2 heterocycles.